The molecule has 0 saturated carbocycles. The Bertz CT molecular complexity index is 1090. The Morgan fingerprint density at radius 2 is 1.93 bits per heavy atom. The van der Waals surface area contributed by atoms with E-state index in [9.17, 15) is 4.79 Å². The van der Waals surface area contributed by atoms with E-state index >= 15 is 0 Å². The van der Waals surface area contributed by atoms with E-state index in [2.05, 4.69) is 25.7 Å². The summed E-state index contributed by atoms with van der Waals surface area (Å²) in [5, 5.41) is 17.6. The molecule has 1 amide bonds. The first-order chi connectivity index (χ1) is 13.7. The summed E-state index contributed by atoms with van der Waals surface area (Å²) in [4.78, 5) is 12.6. The number of ether oxygens (including phenoxy) is 1. The Kier molecular flexibility index (Phi) is 4.83. The fourth-order valence-electron chi connectivity index (χ4n) is 2.73. The predicted octanol–water partition coefficient (Wildman–Crippen LogP) is 3.07. The van der Waals surface area contributed by atoms with Crippen molar-refractivity contribution < 1.29 is 13.9 Å². The number of rotatable bonds is 6. The Hall–Kier alpha value is -3.94. The molecule has 8 heteroatoms. The first-order valence-electron chi connectivity index (χ1n) is 8.58. The molecule has 0 aliphatic rings. The molecule has 0 spiro atoms. The summed E-state index contributed by atoms with van der Waals surface area (Å²) in [6.07, 6.45) is 1.48. The molecule has 4 aromatic rings. The minimum atomic E-state index is -0.300. The third-order valence-corrected chi connectivity index (χ3v) is 4.13. The minimum absolute atomic E-state index is 0.112. The molecular weight excluding hydrogens is 358 g/mol. The summed E-state index contributed by atoms with van der Waals surface area (Å²) in [5.41, 5.74) is 2.64. The number of hydrogen-bond donors (Lipinski definition) is 2. The number of carbonyl (C=O) groups excluding carboxylic acids is 1. The molecule has 28 heavy (non-hydrogen) atoms. The van der Waals surface area contributed by atoms with E-state index in [-0.39, 0.29) is 12.5 Å². The van der Waals surface area contributed by atoms with Gasteiger partial charge in [-0.05, 0) is 24.3 Å². The Morgan fingerprint density at radius 1 is 1.11 bits per heavy atom. The number of aromatic nitrogens is 4. The van der Waals surface area contributed by atoms with E-state index in [1.165, 1.54) is 6.20 Å². The lowest BCUT2D eigenvalue weighted by Crippen LogP contribution is -2.23. The molecular formula is C20H17N5O3. The van der Waals surface area contributed by atoms with Crippen LogP contribution in [-0.4, -0.2) is 33.4 Å². The van der Waals surface area contributed by atoms with Crippen molar-refractivity contribution in [3.05, 3.63) is 72.2 Å². The smallest absolute Gasteiger partial charge is 0.255 e. The van der Waals surface area contributed by atoms with Crippen LogP contribution in [0.4, 0.5) is 0 Å². The van der Waals surface area contributed by atoms with E-state index in [0.717, 1.165) is 11.1 Å². The highest BCUT2D eigenvalue weighted by atomic mass is 16.5. The van der Waals surface area contributed by atoms with Crippen LogP contribution in [-0.2, 0) is 6.54 Å². The molecule has 0 radical (unpaired) electrons. The lowest BCUT2D eigenvalue weighted by molar-refractivity contribution is 0.0948. The van der Waals surface area contributed by atoms with Gasteiger partial charge in [-0.25, -0.2) is 0 Å². The summed E-state index contributed by atoms with van der Waals surface area (Å²) in [7, 11) is 1.59. The van der Waals surface area contributed by atoms with Gasteiger partial charge in [0.25, 0.3) is 5.91 Å². The van der Waals surface area contributed by atoms with Crippen LogP contribution in [0.3, 0.4) is 0 Å². The van der Waals surface area contributed by atoms with Gasteiger partial charge in [0.2, 0.25) is 11.8 Å². The number of nitrogens with zero attached hydrogens (tertiary/aromatic N) is 3. The molecule has 2 N–H and O–H groups in total. The second kappa shape index (κ2) is 7.75. The van der Waals surface area contributed by atoms with Crippen molar-refractivity contribution in [2.45, 2.75) is 6.54 Å². The molecule has 0 saturated heterocycles. The highest BCUT2D eigenvalue weighted by Gasteiger charge is 2.17. The first kappa shape index (κ1) is 17.5. The Balaban J connectivity index is 1.47. The number of aromatic amines is 1. The zero-order valence-electron chi connectivity index (χ0n) is 15.0. The third-order valence-electron chi connectivity index (χ3n) is 4.13. The van der Waals surface area contributed by atoms with E-state index < -0.39 is 0 Å². The van der Waals surface area contributed by atoms with Crippen LogP contribution >= 0.6 is 0 Å². The van der Waals surface area contributed by atoms with Crippen molar-refractivity contribution in [3.8, 4) is 28.5 Å². The molecule has 2 aromatic heterocycles. The van der Waals surface area contributed by atoms with Gasteiger partial charge in [-0.15, -0.1) is 10.2 Å². The lowest BCUT2D eigenvalue weighted by atomic mass is 10.1. The maximum Gasteiger partial charge on any atom is 0.255 e. The quantitative estimate of drug-likeness (QED) is 0.536. The van der Waals surface area contributed by atoms with Gasteiger partial charge in [0.1, 0.15) is 5.75 Å². The fraction of sp³-hybridized carbons (Fsp3) is 0.100. The molecule has 2 heterocycles. The van der Waals surface area contributed by atoms with Crippen molar-refractivity contribution >= 4 is 5.91 Å². The zero-order valence-corrected chi connectivity index (χ0v) is 15.0. The molecule has 0 bridgehead atoms. The van der Waals surface area contributed by atoms with Gasteiger partial charge in [0.05, 0.1) is 31.1 Å². The summed E-state index contributed by atoms with van der Waals surface area (Å²) >= 11 is 0. The SMILES string of the molecule is COc1cccc(-c2[nH]ncc2C(=O)NCc2nnc(-c3ccccc3)o2)c1. The van der Waals surface area contributed by atoms with E-state index in [4.69, 9.17) is 9.15 Å². The van der Waals surface area contributed by atoms with Crippen LogP contribution in [0.25, 0.3) is 22.7 Å². The van der Waals surface area contributed by atoms with Gasteiger partial charge in [-0.3, -0.25) is 9.89 Å². The number of benzene rings is 2. The second-order valence-electron chi connectivity index (χ2n) is 5.94. The molecule has 8 nitrogen and oxygen atoms in total. The van der Waals surface area contributed by atoms with Gasteiger partial charge >= 0.3 is 0 Å². The van der Waals surface area contributed by atoms with Crippen LogP contribution in [0.5, 0.6) is 5.75 Å². The topological polar surface area (TPSA) is 106 Å². The minimum Gasteiger partial charge on any atom is -0.497 e. The molecule has 0 atom stereocenters. The highest BCUT2D eigenvalue weighted by Crippen LogP contribution is 2.25. The van der Waals surface area contributed by atoms with Crippen molar-refractivity contribution in [2.75, 3.05) is 7.11 Å². The monoisotopic (exact) mass is 375 g/mol. The third kappa shape index (κ3) is 3.61. The van der Waals surface area contributed by atoms with Gasteiger partial charge in [0, 0.05) is 11.1 Å². The van der Waals surface area contributed by atoms with Crippen LogP contribution in [0, 0.1) is 0 Å². The molecule has 140 valence electrons. The van der Waals surface area contributed by atoms with Crippen LogP contribution in [0.15, 0.2) is 65.2 Å². The summed E-state index contributed by atoms with van der Waals surface area (Å²) in [5.74, 6) is 1.12. The first-order valence-corrected chi connectivity index (χ1v) is 8.58. The molecule has 0 unspecified atom stereocenters. The predicted molar refractivity (Wildman–Crippen MR) is 101 cm³/mol. The maximum absolute atomic E-state index is 12.6. The Labute approximate surface area is 160 Å². The number of nitrogens with one attached hydrogen (secondary N) is 2. The van der Waals surface area contributed by atoms with E-state index in [1.807, 2.05) is 54.6 Å². The molecule has 2 aromatic carbocycles. The average Bonchev–Trinajstić information content (AvgIpc) is 3.42. The zero-order chi connectivity index (χ0) is 19.3. The van der Waals surface area contributed by atoms with Crippen molar-refractivity contribution in [2.24, 2.45) is 0 Å². The second-order valence-corrected chi connectivity index (χ2v) is 5.94. The molecule has 4 rings (SSSR count). The summed E-state index contributed by atoms with van der Waals surface area (Å²) < 4.78 is 10.8. The molecule has 0 fully saturated rings. The van der Waals surface area contributed by atoms with Gasteiger partial charge in [-0.1, -0.05) is 30.3 Å². The standard InChI is InChI=1S/C20H17N5O3/c1-27-15-9-5-8-14(10-15)18-16(11-22-24-18)19(26)21-12-17-23-25-20(28-17)13-6-3-2-4-7-13/h2-11H,12H2,1H3,(H,21,26)(H,22,24). The van der Waals surface area contributed by atoms with Crippen LogP contribution in [0.2, 0.25) is 0 Å². The largest absolute Gasteiger partial charge is 0.497 e. The van der Waals surface area contributed by atoms with E-state index in [1.54, 1.807) is 7.11 Å². The Morgan fingerprint density at radius 3 is 2.75 bits per heavy atom. The maximum atomic E-state index is 12.6. The summed E-state index contributed by atoms with van der Waals surface area (Å²) in [6, 6.07) is 16.8. The highest BCUT2D eigenvalue weighted by molar-refractivity contribution is 5.99. The number of hydrogen-bond acceptors (Lipinski definition) is 6. The summed E-state index contributed by atoms with van der Waals surface area (Å²) in [6.45, 7) is 0.112. The average molecular weight is 375 g/mol. The van der Waals surface area contributed by atoms with Gasteiger partial charge < -0.3 is 14.5 Å². The number of H-pyrrole nitrogens is 1. The number of amides is 1. The van der Waals surface area contributed by atoms with Crippen LogP contribution in [0.1, 0.15) is 16.2 Å². The molecule has 0 aliphatic heterocycles. The fourth-order valence-corrected chi connectivity index (χ4v) is 2.73. The van der Waals surface area contributed by atoms with Crippen molar-refractivity contribution in [1.82, 2.24) is 25.7 Å². The van der Waals surface area contributed by atoms with Gasteiger partial charge in [0.15, 0.2) is 0 Å². The van der Waals surface area contributed by atoms with Crippen molar-refractivity contribution in [1.29, 1.82) is 0 Å². The number of carbonyl (C=O) groups is 1. The number of methoxy groups -OCH3 is 1. The lowest BCUT2D eigenvalue weighted by Gasteiger charge is -2.06. The normalized spacial score (nSPS) is 10.6. The van der Waals surface area contributed by atoms with Crippen LogP contribution < -0.4 is 10.1 Å². The van der Waals surface area contributed by atoms with E-state index in [0.29, 0.717) is 28.8 Å². The van der Waals surface area contributed by atoms with Crippen molar-refractivity contribution in [3.63, 3.8) is 0 Å². The van der Waals surface area contributed by atoms with Gasteiger partial charge in [-0.2, -0.15) is 5.10 Å². The molecule has 0 aliphatic carbocycles.